The van der Waals surface area contributed by atoms with E-state index in [1.807, 2.05) is 6.92 Å². The number of hydrogen-bond acceptors (Lipinski definition) is 5. The van der Waals surface area contributed by atoms with Crippen molar-refractivity contribution >= 4 is 17.3 Å². The molecule has 6 heteroatoms. The van der Waals surface area contributed by atoms with E-state index in [1.165, 1.54) is 5.69 Å². The van der Waals surface area contributed by atoms with Crippen LogP contribution in [-0.2, 0) is 9.47 Å². The monoisotopic (exact) mass is 368 g/mol. The molecule has 0 aromatic heterocycles. The Morgan fingerprint density at radius 1 is 1.32 bits per heavy atom. The van der Waals surface area contributed by atoms with Gasteiger partial charge in [-0.05, 0) is 43.9 Å². The fraction of sp³-hybridized carbons (Fsp3) is 0.684. The van der Waals surface area contributed by atoms with Gasteiger partial charge in [0.25, 0.3) is 0 Å². The summed E-state index contributed by atoms with van der Waals surface area (Å²) in [6.45, 7) is 5.91. The summed E-state index contributed by atoms with van der Waals surface area (Å²) in [5.41, 5.74) is 2.33. The fourth-order valence-corrected chi connectivity index (χ4v) is 3.83. The van der Waals surface area contributed by atoms with Gasteiger partial charge in [-0.3, -0.25) is 0 Å². The van der Waals surface area contributed by atoms with Gasteiger partial charge in [0.05, 0.1) is 25.9 Å². The average Bonchev–Trinajstić information content (AvgIpc) is 2.64. The molecule has 0 bridgehead atoms. The summed E-state index contributed by atoms with van der Waals surface area (Å²) >= 11 is 6.27. The molecule has 1 aromatic carbocycles. The van der Waals surface area contributed by atoms with E-state index in [4.69, 9.17) is 26.2 Å². The predicted octanol–water partition coefficient (Wildman–Crippen LogP) is 2.37. The quantitative estimate of drug-likeness (QED) is 0.807. The van der Waals surface area contributed by atoms with Gasteiger partial charge < -0.3 is 24.8 Å². The van der Waals surface area contributed by atoms with Crippen LogP contribution in [0.5, 0.6) is 0 Å². The number of rotatable bonds is 6. The zero-order chi connectivity index (χ0) is 17.6. The lowest BCUT2D eigenvalue weighted by atomic mass is 9.99. The molecule has 0 unspecified atom stereocenters. The normalized spacial score (nSPS) is 25.3. The third-order valence-electron chi connectivity index (χ3n) is 5.19. The predicted molar refractivity (Wildman–Crippen MR) is 101 cm³/mol. The molecule has 25 heavy (non-hydrogen) atoms. The van der Waals surface area contributed by atoms with E-state index < -0.39 is 0 Å². The van der Waals surface area contributed by atoms with Gasteiger partial charge in [-0.1, -0.05) is 17.7 Å². The number of benzene rings is 1. The van der Waals surface area contributed by atoms with E-state index in [-0.39, 0.29) is 12.7 Å². The largest absolute Gasteiger partial charge is 0.394 e. The minimum atomic E-state index is 0.0369. The first kappa shape index (κ1) is 18.9. The van der Waals surface area contributed by atoms with E-state index in [0.717, 1.165) is 49.5 Å². The molecule has 0 radical (unpaired) electrons. The SMILES string of the molecule is Cc1ccc(N2CCC(N[C@@H]3CCOC[C@H]3OCCO)CC2)cc1Cl. The summed E-state index contributed by atoms with van der Waals surface area (Å²) in [5.74, 6) is 0. The highest BCUT2D eigenvalue weighted by Gasteiger charge is 2.29. The molecule has 140 valence electrons. The molecular formula is C19H29ClN2O3. The van der Waals surface area contributed by atoms with Crippen LogP contribution in [0.15, 0.2) is 18.2 Å². The van der Waals surface area contributed by atoms with E-state index in [0.29, 0.717) is 25.3 Å². The minimum absolute atomic E-state index is 0.0369. The minimum Gasteiger partial charge on any atom is -0.394 e. The third kappa shape index (κ3) is 5.08. The molecule has 2 heterocycles. The summed E-state index contributed by atoms with van der Waals surface area (Å²) in [7, 11) is 0. The van der Waals surface area contributed by atoms with Crippen LogP contribution < -0.4 is 10.2 Å². The lowest BCUT2D eigenvalue weighted by molar-refractivity contribution is -0.0779. The second-order valence-corrected chi connectivity index (χ2v) is 7.37. The Hall–Kier alpha value is -0.850. The number of hydrogen-bond donors (Lipinski definition) is 2. The van der Waals surface area contributed by atoms with Crippen molar-refractivity contribution in [3.05, 3.63) is 28.8 Å². The number of piperidine rings is 1. The van der Waals surface area contributed by atoms with Crippen LogP contribution >= 0.6 is 11.6 Å². The van der Waals surface area contributed by atoms with Crippen LogP contribution in [-0.4, -0.2) is 62.8 Å². The molecule has 2 saturated heterocycles. The van der Waals surface area contributed by atoms with Crippen molar-refractivity contribution < 1.29 is 14.6 Å². The summed E-state index contributed by atoms with van der Waals surface area (Å²) in [6.07, 6.45) is 3.21. The fourth-order valence-electron chi connectivity index (χ4n) is 3.66. The number of nitrogens with one attached hydrogen (secondary N) is 1. The van der Waals surface area contributed by atoms with Crippen molar-refractivity contribution in [1.29, 1.82) is 0 Å². The second-order valence-electron chi connectivity index (χ2n) is 6.96. The summed E-state index contributed by atoms with van der Waals surface area (Å²) < 4.78 is 11.3. The van der Waals surface area contributed by atoms with Crippen molar-refractivity contribution in [3.8, 4) is 0 Å². The Bertz CT molecular complexity index is 549. The van der Waals surface area contributed by atoms with Gasteiger partial charge in [0, 0.05) is 42.5 Å². The van der Waals surface area contributed by atoms with Crippen LogP contribution in [0, 0.1) is 6.92 Å². The second kappa shape index (κ2) is 9.19. The van der Waals surface area contributed by atoms with Gasteiger partial charge in [0.15, 0.2) is 0 Å². The van der Waals surface area contributed by atoms with E-state index in [2.05, 4.69) is 28.4 Å². The van der Waals surface area contributed by atoms with Crippen LogP contribution in [0.4, 0.5) is 5.69 Å². The number of aliphatic hydroxyl groups excluding tert-OH is 1. The standard InChI is InChI=1S/C19H29ClN2O3/c1-14-2-3-16(12-17(14)20)22-7-4-15(5-8-22)21-18-6-10-24-13-19(18)25-11-9-23/h2-3,12,15,18-19,21,23H,4-11,13H2,1H3/t18-,19-/m1/s1. The molecule has 0 spiro atoms. The lowest BCUT2D eigenvalue weighted by Crippen LogP contribution is -2.54. The van der Waals surface area contributed by atoms with Crippen LogP contribution in [0.3, 0.4) is 0 Å². The number of aliphatic hydroxyl groups is 1. The summed E-state index contributed by atoms with van der Waals surface area (Å²) in [5, 5.41) is 13.6. The number of aryl methyl sites for hydroxylation is 1. The Morgan fingerprint density at radius 3 is 2.84 bits per heavy atom. The molecule has 3 rings (SSSR count). The van der Waals surface area contributed by atoms with Crippen molar-refractivity contribution in [1.82, 2.24) is 5.32 Å². The van der Waals surface area contributed by atoms with E-state index >= 15 is 0 Å². The maximum Gasteiger partial charge on any atom is 0.0963 e. The zero-order valence-electron chi connectivity index (χ0n) is 14.9. The van der Waals surface area contributed by atoms with Crippen LogP contribution in [0.2, 0.25) is 5.02 Å². The zero-order valence-corrected chi connectivity index (χ0v) is 15.7. The number of anilines is 1. The van der Waals surface area contributed by atoms with Gasteiger partial charge in [0.2, 0.25) is 0 Å². The van der Waals surface area contributed by atoms with Gasteiger partial charge in [-0.15, -0.1) is 0 Å². The maximum atomic E-state index is 8.98. The number of nitrogens with zero attached hydrogens (tertiary/aromatic N) is 1. The van der Waals surface area contributed by atoms with Crippen molar-refractivity contribution in [2.45, 2.75) is 44.4 Å². The number of halogens is 1. The lowest BCUT2D eigenvalue weighted by Gasteiger charge is -2.39. The molecule has 0 amide bonds. The van der Waals surface area contributed by atoms with Crippen LogP contribution in [0.1, 0.15) is 24.8 Å². The van der Waals surface area contributed by atoms with Crippen molar-refractivity contribution in [2.75, 3.05) is 44.4 Å². The molecule has 2 N–H and O–H groups in total. The summed E-state index contributed by atoms with van der Waals surface area (Å²) in [4.78, 5) is 2.41. The third-order valence-corrected chi connectivity index (χ3v) is 5.60. The highest BCUT2D eigenvalue weighted by molar-refractivity contribution is 6.31. The summed E-state index contributed by atoms with van der Waals surface area (Å²) in [6, 6.07) is 7.13. The van der Waals surface area contributed by atoms with Gasteiger partial charge >= 0.3 is 0 Å². The molecule has 5 nitrogen and oxygen atoms in total. The molecule has 2 atom stereocenters. The molecule has 2 aliphatic rings. The first-order valence-corrected chi connectivity index (χ1v) is 9.62. The molecule has 0 saturated carbocycles. The molecule has 1 aromatic rings. The Balaban J connectivity index is 1.50. The maximum absolute atomic E-state index is 8.98. The highest BCUT2D eigenvalue weighted by Crippen LogP contribution is 2.26. The topological polar surface area (TPSA) is 54.0 Å². The number of ether oxygens (including phenoxy) is 2. The van der Waals surface area contributed by atoms with Gasteiger partial charge in [0.1, 0.15) is 0 Å². The molecule has 0 aliphatic carbocycles. The van der Waals surface area contributed by atoms with E-state index in [9.17, 15) is 0 Å². The van der Waals surface area contributed by atoms with Gasteiger partial charge in [-0.25, -0.2) is 0 Å². The smallest absolute Gasteiger partial charge is 0.0963 e. The van der Waals surface area contributed by atoms with Gasteiger partial charge in [-0.2, -0.15) is 0 Å². The Morgan fingerprint density at radius 2 is 2.12 bits per heavy atom. The Kier molecular flexibility index (Phi) is 6.96. The Labute approximate surface area is 155 Å². The van der Waals surface area contributed by atoms with Crippen LogP contribution in [0.25, 0.3) is 0 Å². The molecule has 2 fully saturated rings. The first-order chi connectivity index (χ1) is 12.2. The molecule has 2 aliphatic heterocycles. The van der Waals surface area contributed by atoms with Crippen molar-refractivity contribution in [3.63, 3.8) is 0 Å². The highest BCUT2D eigenvalue weighted by atomic mass is 35.5. The average molecular weight is 369 g/mol. The first-order valence-electron chi connectivity index (χ1n) is 9.24. The molecular weight excluding hydrogens is 340 g/mol. The van der Waals surface area contributed by atoms with Crippen molar-refractivity contribution in [2.24, 2.45) is 0 Å². The van der Waals surface area contributed by atoms with E-state index in [1.54, 1.807) is 0 Å².